The highest BCUT2D eigenvalue weighted by Crippen LogP contribution is 2.27. The highest BCUT2D eigenvalue weighted by atomic mass is 35.5. The van der Waals surface area contributed by atoms with Crippen LogP contribution in [0.5, 0.6) is 0 Å². The number of rotatable bonds is 3. The zero-order valence-electron chi connectivity index (χ0n) is 11.5. The molecular weight excluding hydrogens is 299 g/mol. The normalized spacial score (nSPS) is 12.4. The molecular formula is C13H16Cl2N4O. The van der Waals surface area contributed by atoms with E-state index in [-0.39, 0.29) is 12.1 Å². The van der Waals surface area contributed by atoms with Crippen molar-refractivity contribution in [3.8, 4) is 0 Å². The monoisotopic (exact) mass is 314 g/mol. The Labute approximate surface area is 127 Å². The fourth-order valence-electron chi connectivity index (χ4n) is 1.74. The summed E-state index contributed by atoms with van der Waals surface area (Å²) in [5, 5.41) is 3.79. The second-order valence-corrected chi connectivity index (χ2v) is 5.41. The molecule has 0 aliphatic rings. The summed E-state index contributed by atoms with van der Waals surface area (Å²) in [6.45, 7) is 4.42. The van der Waals surface area contributed by atoms with Crippen LogP contribution in [0, 0.1) is 0 Å². The molecule has 0 bridgehead atoms. The number of aromatic nitrogens is 2. The zero-order valence-corrected chi connectivity index (χ0v) is 13.0. The number of nitrogens with one attached hydrogen (secondary N) is 2. The number of carbonyl (C=O) groups excluding carboxylic acids is 1. The number of nitrogens with zero attached hydrogens (tertiary/aromatic N) is 2. The van der Waals surface area contributed by atoms with Gasteiger partial charge in [0.05, 0.1) is 27.1 Å². The molecule has 7 heteroatoms. The molecule has 1 heterocycles. The summed E-state index contributed by atoms with van der Waals surface area (Å²) >= 11 is 11.9. The van der Waals surface area contributed by atoms with Gasteiger partial charge in [0.25, 0.3) is 0 Å². The lowest BCUT2D eigenvalue weighted by molar-refractivity contribution is 0.207. The maximum atomic E-state index is 11.8. The summed E-state index contributed by atoms with van der Waals surface area (Å²) in [5.41, 5.74) is 1.51. The summed E-state index contributed by atoms with van der Waals surface area (Å²) in [5.74, 6) is 0.663. The first-order chi connectivity index (χ1) is 9.42. The van der Waals surface area contributed by atoms with Gasteiger partial charge in [0, 0.05) is 13.6 Å². The Morgan fingerprint density at radius 2 is 2.10 bits per heavy atom. The third kappa shape index (κ3) is 2.99. The van der Waals surface area contributed by atoms with Gasteiger partial charge in [0.1, 0.15) is 5.82 Å². The van der Waals surface area contributed by atoms with Gasteiger partial charge in [-0.1, -0.05) is 23.2 Å². The highest BCUT2D eigenvalue weighted by molar-refractivity contribution is 6.42. The fraction of sp³-hybridized carbons (Fsp3) is 0.385. The van der Waals surface area contributed by atoms with E-state index in [4.69, 9.17) is 23.2 Å². The van der Waals surface area contributed by atoms with E-state index < -0.39 is 0 Å². The van der Waals surface area contributed by atoms with Gasteiger partial charge in [-0.2, -0.15) is 0 Å². The van der Waals surface area contributed by atoms with Crippen LogP contribution in [0.15, 0.2) is 12.1 Å². The molecule has 0 unspecified atom stereocenters. The number of fused-ring (bicyclic) bond motifs is 1. The van der Waals surface area contributed by atoms with Gasteiger partial charge >= 0.3 is 6.03 Å². The van der Waals surface area contributed by atoms with Crippen LogP contribution < -0.4 is 5.32 Å². The lowest BCUT2D eigenvalue weighted by Gasteiger charge is -2.18. The quantitative estimate of drug-likeness (QED) is 0.909. The van der Waals surface area contributed by atoms with Crippen molar-refractivity contribution in [3.63, 3.8) is 0 Å². The SMILES string of the molecule is CCN(C)C(=O)N[C@H](C)c1nc2cc(Cl)c(Cl)cc2[nH]1. The van der Waals surface area contributed by atoms with Gasteiger partial charge in [-0.25, -0.2) is 9.78 Å². The highest BCUT2D eigenvalue weighted by Gasteiger charge is 2.16. The van der Waals surface area contributed by atoms with Gasteiger partial charge in [-0.15, -0.1) is 0 Å². The van der Waals surface area contributed by atoms with Crippen LogP contribution in [0.25, 0.3) is 11.0 Å². The molecule has 0 fully saturated rings. The number of benzene rings is 1. The molecule has 2 rings (SSSR count). The average molecular weight is 315 g/mol. The molecule has 2 amide bonds. The Kier molecular flexibility index (Phi) is 4.40. The summed E-state index contributed by atoms with van der Waals surface area (Å²) in [6.07, 6.45) is 0. The van der Waals surface area contributed by atoms with Crippen LogP contribution in [-0.4, -0.2) is 34.5 Å². The topological polar surface area (TPSA) is 61.0 Å². The van der Waals surface area contributed by atoms with Crippen LogP contribution in [0.1, 0.15) is 25.7 Å². The molecule has 1 aromatic heterocycles. The molecule has 0 radical (unpaired) electrons. The summed E-state index contributed by atoms with van der Waals surface area (Å²) < 4.78 is 0. The van der Waals surface area contributed by atoms with Crippen molar-refractivity contribution in [1.29, 1.82) is 0 Å². The number of halogens is 2. The maximum Gasteiger partial charge on any atom is 0.317 e. The Morgan fingerprint density at radius 3 is 2.75 bits per heavy atom. The molecule has 1 aromatic carbocycles. The third-order valence-corrected chi connectivity index (χ3v) is 3.84. The predicted octanol–water partition coefficient (Wildman–Crippen LogP) is 3.59. The van der Waals surface area contributed by atoms with E-state index >= 15 is 0 Å². The fourth-order valence-corrected chi connectivity index (χ4v) is 2.06. The molecule has 2 N–H and O–H groups in total. The van der Waals surface area contributed by atoms with E-state index in [1.54, 1.807) is 24.1 Å². The minimum Gasteiger partial charge on any atom is -0.340 e. The van der Waals surface area contributed by atoms with Crippen molar-refractivity contribution < 1.29 is 4.79 Å². The van der Waals surface area contributed by atoms with E-state index in [2.05, 4.69) is 15.3 Å². The minimum atomic E-state index is -0.235. The van der Waals surface area contributed by atoms with Crippen molar-refractivity contribution in [2.45, 2.75) is 19.9 Å². The number of imidazole rings is 1. The van der Waals surface area contributed by atoms with Crippen molar-refractivity contribution in [1.82, 2.24) is 20.2 Å². The zero-order chi connectivity index (χ0) is 14.9. The number of urea groups is 1. The number of aromatic amines is 1. The molecule has 0 aliphatic heterocycles. The molecule has 20 heavy (non-hydrogen) atoms. The van der Waals surface area contributed by atoms with Crippen LogP contribution in [-0.2, 0) is 0 Å². The van der Waals surface area contributed by atoms with Gasteiger partial charge < -0.3 is 15.2 Å². The number of amides is 2. The van der Waals surface area contributed by atoms with E-state index in [9.17, 15) is 4.79 Å². The molecule has 0 aliphatic carbocycles. The first-order valence-corrected chi connectivity index (χ1v) is 7.04. The second kappa shape index (κ2) is 5.89. The van der Waals surface area contributed by atoms with Gasteiger partial charge in [0.2, 0.25) is 0 Å². The van der Waals surface area contributed by atoms with Crippen LogP contribution in [0.3, 0.4) is 0 Å². The van der Waals surface area contributed by atoms with Crippen molar-refractivity contribution in [2.75, 3.05) is 13.6 Å². The van der Waals surface area contributed by atoms with Crippen molar-refractivity contribution in [2.24, 2.45) is 0 Å². The molecule has 0 spiro atoms. The molecule has 1 atom stereocenters. The van der Waals surface area contributed by atoms with Crippen LogP contribution in [0.4, 0.5) is 4.79 Å². The standard InChI is InChI=1S/C13H16Cl2N4O/c1-4-19(3)13(20)16-7(2)12-17-10-5-8(14)9(15)6-11(10)18-12/h5-7H,4H2,1-3H3,(H,16,20)(H,17,18)/t7-/m1/s1. The van der Waals surface area contributed by atoms with Crippen molar-refractivity contribution in [3.05, 3.63) is 28.0 Å². The smallest absolute Gasteiger partial charge is 0.317 e. The summed E-state index contributed by atoms with van der Waals surface area (Å²) in [4.78, 5) is 21.0. The lowest BCUT2D eigenvalue weighted by atomic mass is 10.3. The van der Waals surface area contributed by atoms with Crippen LogP contribution in [0.2, 0.25) is 10.0 Å². The second-order valence-electron chi connectivity index (χ2n) is 4.59. The Hall–Kier alpha value is -1.46. The van der Waals surface area contributed by atoms with Gasteiger partial charge in [-0.05, 0) is 26.0 Å². The van der Waals surface area contributed by atoms with E-state index in [0.29, 0.717) is 22.4 Å². The lowest BCUT2D eigenvalue weighted by Crippen LogP contribution is -2.38. The number of carbonyl (C=O) groups is 1. The van der Waals surface area contributed by atoms with E-state index in [1.807, 2.05) is 13.8 Å². The molecule has 0 saturated carbocycles. The minimum absolute atomic E-state index is 0.142. The van der Waals surface area contributed by atoms with Gasteiger partial charge in [0.15, 0.2) is 0 Å². The first kappa shape index (κ1) is 14.9. The largest absolute Gasteiger partial charge is 0.340 e. The van der Waals surface area contributed by atoms with E-state index in [0.717, 1.165) is 11.0 Å². The Balaban J connectivity index is 2.22. The molecule has 5 nitrogen and oxygen atoms in total. The van der Waals surface area contributed by atoms with Gasteiger partial charge in [-0.3, -0.25) is 0 Å². The molecule has 108 valence electrons. The summed E-state index contributed by atoms with van der Waals surface area (Å²) in [6, 6.07) is 3.05. The van der Waals surface area contributed by atoms with E-state index in [1.165, 1.54) is 0 Å². The number of H-pyrrole nitrogens is 1. The predicted molar refractivity (Wildman–Crippen MR) is 81.4 cm³/mol. The molecule has 2 aromatic rings. The Morgan fingerprint density at radius 1 is 1.45 bits per heavy atom. The maximum absolute atomic E-state index is 11.8. The van der Waals surface area contributed by atoms with Crippen LogP contribution >= 0.6 is 23.2 Å². The molecule has 0 saturated heterocycles. The average Bonchev–Trinajstić information content (AvgIpc) is 2.81. The number of hydrogen-bond donors (Lipinski definition) is 2. The number of hydrogen-bond acceptors (Lipinski definition) is 2. The Bertz CT molecular complexity index is 602. The third-order valence-electron chi connectivity index (χ3n) is 3.11. The summed E-state index contributed by atoms with van der Waals surface area (Å²) in [7, 11) is 1.74. The first-order valence-electron chi connectivity index (χ1n) is 6.28. The van der Waals surface area contributed by atoms with Crippen molar-refractivity contribution >= 4 is 40.3 Å².